The zero-order chi connectivity index (χ0) is 13.3. The zero-order valence-electron chi connectivity index (χ0n) is 11.0. The summed E-state index contributed by atoms with van der Waals surface area (Å²) in [4.78, 5) is 13.3. The van der Waals surface area contributed by atoms with Gasteiger partial charge in [0, 0.05) is 37.8 Å². The summed E-state index contributed by atoms with van der Waals surface area (Å²) in [6.45, 7) is 5.41. The number of Topliss-reactive ketones (excluding diaryl/α,β-unsaturated/α-hetero) is 1. The molecule has 0 unspecified atom stereocenters. The third-order valence-electron chi connectivity index (χ3n) is 2.84. The van der Waals surface area contributed by atoms with E-state index in [0.717, 1.165) is 22.6 Å². The van der Waals surface area contributed by atoms with Crippen molar-refractivity contribution in [2.24, 2.45) is 0 Å². The summed E-state index contributed by atoms with van der Waals surface area (Å²) in [5.41, 5.74) is 3.01. The van der Waals surface area contributed by atoms with Crippen LogP contribution in [0.4, 0.5) is 5.69 Å². The van der Waals surface area contributed by atoms with Gasteiger partial charge in [-0.15, -0.1) is 0 Å². The molecule has 2 rings (SSSR count). The monoisotopic (exact) mass is 243 g/mol. The van der Waals surface area contributed by atoms with Gasteiger partial charge in [0.1, 0.15) is 17.3 Å². The number of ketones is 1. The van der Waals surface area contributed by atoms with Crippen LogP contribution in [0.25, 0.3) is 5.57 Å². The molecule has 0 bridgehead atoms. The van der Waals surface area contributed by atoms with Crippen LogP contribution in [0.2, 0.25) is 0 Å². The largest absolute Gasteiger partial charge is 0.457 e. The molecule has 1 aliphatic heterocycles. The van der Waals surface area contributed by atoms with Gasteiger partial charge in [0.2, 0.25) is 0 Å². The van der Waals surface area contributed by atoms with Crippen molar-refractivity contribution < 1.29 is 9.53 Å². The molecule has 3 nitrogen and oxygen atoms in total. The molecule has 1 aromatic carbocycles. The van der Waals surface area contributed by atoms with Crippen LogP contribution in [-0.2, 0) is 4.79 Å². The first kappa shape index (κ1) is 12.4. The van der Waals surface area contributed by atoms with Crippen LogP contribution < -0.4 is 9.64 Å². The molecular weight excluding hydrogens is 226 g/mol. The molecule has 1 aromatic rings. The smallest absolute Gasteiger partial charge is 0.136 e. The average Bonchev–Trinajstić information content (AvgIpc) is 2.26. The maximum absolute atomic E-state index is 11.3. The van der Waals surface area contributed by atoms with Gasteiger partial charge in [-0.1, -0.05) is 6.58 Å². The van der Waals surface area contributed by atoms with Gasteiger partial charge in [-0.2, -0.15) is 0 Å². The third-order valence-corrected chi connectivity index (χ3v) is 2.84. The molecule has 0 saturated carbocycles. The minimum atomic E-state index is 0.138. The van der Waals surface area contributed by atoms with Crippen molar-refractivity contribution in [3.8, 4) is 5.75 Å². The molecule has 1 heterocycles. The van der Waals surface area contributed by atoms with Crippen molar-refractivity contribution in [3.63, 3.8) is 0 Å². The van der Waals surface area contributed by atoms with Gasteiger partial charge in [-0.3, -0.25) is 4.79 Å². The predicted octanol–water partition coefficient (Wildman–Crippen LogP) is 3.02. The number of anilines is 1. The Hall–Kier alpha value is -2.03. The van der Waals surface area contributed by atoms with Gasteiger partial charge in [-0.25, -0.2) is 0 Å². The summed E-state index contributed by atoms with van der Waals surface area (Å²) in [7, 11) is 3.96. The first-order chi connectivity index (χ1) is 8.47. The Labute approximate surface area is 107 Å². The number of ether oxygens (including phenoxy) is 1. The van der Waals surface area contributed by atoms with Crippen LogP contribution in [0.1, 0.15) is 18.9 Å². The van der Waals surface area contributed by atoms with Gasteiger partial charge in [0.05, 0.1) is 0 Å². The van der Waals surface area contributed by atoms with E-state index in [1.165, 1.54) is 0 Å². The number of fused-ring (bicyclic) bond motifs is 1. The topological polar surface area (TPSA) is 29.5 Å². The van der Waals surface area contributed by atoms with Crippen molar-refractivity contribution in [1.29, 1.82) is 0 Å². The molecule has 0 aliphatic carbocycles. The summed E-state index contributed by atoms with van der Waals surface area (Å²) in [6, 6.07) is 5.98. The van der Waals surface area contributed by atoms with Crippen molar-refractivity contribution in [2.75, 3.05) is 19.0 Å². The van der Waals surface area contributed by atoms with Crippen LogP contribution in [0, 0.1) is 0 Å². The lowest BCUT2D eigenvalue weighted by Crippen LogP contribution is -2.10. The van der Waals surface area contributed by atoms with Gasteiger partial charge >= 0.3 is 0 Å². The van der Waals surface area contributed by atoms with E-state index in [1.807, 2.05) is 43.3 Å². The highest BCUT2D eigenvalue weighted by molar-refractivity contribution is 5.91. The summed E-state index contributed by atoms with van der Waals surface area (Å²) in [5.74, 6) is 1.48. The number of carbonyl (C=O) groups is 1. The molecular formula is C15H17NO2. The fraction of sp³-hybridized carbons (Fsp3) is 0.267. The molecule has 0 spiro atoms. The summed E-state index contributed by atoms with van der Waals surface area (Å²) < 4.78 is 5.63. The minimum absolute atomic E-state index is 0.138. The summed E-state index contributed by atoms with van der Waals surface area (Å²) >= 11 is 0. The van der Waals surface area contributed by atoms with E-state index in [1.54, 1.807) is 6.92 Å². The van der Waals surface area contributed by atoms with E-state index < -0.39 is 0 Å². The number of allylic oxidation sites excluding steroid dienone is 2. The Morgan fingerprint density at radius 1 is 1.39 bits per heavy atom. The molecule has 0 amide bonds. The molecule has 1 aliphatic rings. The van der Waals surface area contributed by atoms with E-state index in [4.69, 9.17) is 4.74 Å². The van der Waals surface area contributed by atoms with Crippen LogP contribution in [-0.4, -0.2) is 19.9 Å². The quantitative estimate of drug-likeness (QED) is 0.817. The molecule has 3 heteroatoms. The number of nitrogens with zero attached hydrogens (tertiary/aromatic N) is 1. The van der Waals surface area contributed by atoms with E-state index in [-0.39, 0.29) is 5.78 Å². The van der Waals surface area contributed by atoms with E-state index >= 15 is 0 Å². The lowest BCUT2D eigenvalue weighted by atomic mass is 9.97. The fourth-order valence-electron chi connectivity index (χ4n) is 2.00. The number of carbonyl (C=O) groups excluding carboxylic acids is 1. The normalized spacial score (nSPS) is 13.5. The standard InChI is InChI=1S/C15H17NO2/c1-10(17)7-12-8-11(2)18-15-9-13(16(3)4)5-6-14(12)15/h5-6,8-9H,2,7H2,1,3-4H3. The van der Waals surface area contributed by atoms with E-state index in [2.05, 4.69) is 6.58 Å². The second kappa shape index (κ2) is 4.69. The van der Waals surface area contributed by atoms with Crippen LogP contribution >= 0.6 is 0 Å². The molecule has 0 radical (unpaired) electrons. The average molecular weight is 243 g/mol. The molecule has 0 saturated heterocycles. The second-order valence-corrected chi connectivity index (χ2v) is 4.69. The Morgan fingerprint density at radius 2 is 2.11 bits per heavy atom. The van der Waals surface area contributed by atoms with Gasteiger partial charge in [0.15, 0.2) is 0 Å². The van der Waals surface area contributed by atoms with Gasteiger partial charge in [-0.05, 0) is 30.7 Å². The lowest BCUT2D eigenvalue weighted by Gasteiger charge is -2.22. The van der Waals surface area contributed by atoms with Crippen LogP contribution in [0.3, 0.4) is 0 Å². The Bertz CT molecular complexity index is 541. The summed E-state index contributed by atoms with van der Waals surface area (Å²) in [6.07, 6.45) is 2.25. The van der Waals surface area contributed by atoms with Crippen molar-refractivity contribution in [3.05, 3.63) is 42.2 Å². The third kappa shape index (κ3) is 2.45. The maximum Gasteiger partial charge on any atom is 0.136 e. The van der Waals surface area contributed by atoms with E-state index in [0.29, 0.717) is 12.2 Å². The highest BCUT2D eigenvalue weighted by atomic mass is 16.5. The first-order valence-corrected chi connectivity index (χ1v) is 5.86. The SMILES string of the molecule is C=C1C=C(CC(C)=O)c2ccc(N(C)C)cc2O1. The number of benzene rings is 1. The fourth-order valence-corrected chi connectivity index (χ4v) is 2.00. The molecule has 0 atom stereocenters. The molecule has 18 heavy (non-hydrogen) atoms. The molecule has 0 fully saturated rings. The molecule has 0 N–H and O–H groups in total. The Kier molecular flexibility index (Phi) is 3.24. The van der Waals surface area contributed by atoms with Crippen LogP contribution in [0.5, 0.6) is 5.75 Å². The highest BCUT2D eigenvalue weighted by Gasteiger charge is 2.17. The second-order valence-electron chi connectivity index (χ2n) is 4.69. The Balaban J connectivity index is 2.44. The van der Waals surface area contributed by atoms with Crippen LogP contribution in [0.15, 0.2) is 36.6 Å². The number of hydrogen-bond acceptors (Lipinski definition) is 3. The number of hydrogen-bond donors (Lipinski definition) is 0. The number of rotatable bonds is 3. The Morgan fingerprint density at radius 3 is 2.72 bits per heavy atom. The molecule has 94 valence electrons. The maximum atomic E-state index is 11.3. The van der Waals surface area contributed by atoms with Crippen molar-refractivity contribution >= 4 is 17.0 Å². The van der Waals surface area contributed by atoms with Crippen molar-refractivity contribution in [1.82, 2.24) is 0 Å². The van der Waals surface area contributed by atoms with E-state index in [9.17, 15) is 4.79 Å². The minimum Gasteiger partial charge on any atom is -0.457 e. The van der Waals surface area contributed by atoms with Gasteiger partial charge in [0.25, 0.3) is 0 Å². The predicted molar refractivity (Wildman–Crippen MR) is 73.8 cm³/mol. The highest BCUT2D eigenvalue weighted by Crippen LogP contribution is 2.37. The summed E-state index contributed by atoms with van der Waals surface area (Å²) in [5, 5.41) is 0. The lowest BCUT2D eigenvalue weighted by molar-refractivity contribution is -0.116. The zero-order valence-corrected chi connectivity index (χ0v) is 11.0. The van der Waals surface area contributed by atoms with Gasteiger partial charge < -0.3 is 9.64 Å². The van der Waals surface area contributed by atoms with Crippen molar-refractivity contribution in [2.45, 2.75) is 13.3 Å². The first-order valence-electron chi connectivity index (χ1n) is 5.86. The molecule has 0 aromatic heterocycles.